The molecule has 0 aromatic carbocycles. The molecule has 1 amide bonds. The van der Waals surface area contributed by atoms with Crippen LogP contribution >= 0.6 is 12.4 Å². The van der Waals surface area contributed by atoms with E-state index in [4.69, 9.17) is 4.84 Å². The lowest BCUT2D eigenvalue weighted by Crippen LogP contribution is -2.62. The molecule has 4 aliphatic carbocycles. The minimum Gasteiger partial charge on any atom is -0.283 e. The molecule has 4 saturated carbocycles. The average Bonchev–Trinajstić information content (AvgIpc) is 2.33. The number of carbonyl (C=O) groups excluding carboxylic acids is 1. The second-order valence-electron chi connectivity index (χ2n) is 7.62. The van der Waals surface area contributed by atoms with Gasteiger partial charge in [-0.15, -0.1) is 12.4 Å². The molecule has 4 rings (SSSR count). The van der Waals surface area contributed by atoms with E-state index in [1.54, 1.807) is 12.0 Å². The van der Waals surface area contributed by atoms with Crippen LogP contribution in [0.2, 0.25) is 0 Å². The molecular weight excluding hydrogens is 288 g/mol. The first-order chi connectivity index (χ1) is 9.39. The van der Waals surface area contributed by atoms with Crippen molar-refractivity contribution in [1.29, 1.82) is 0 Å². The second kappa shape index (κ2) is 6.05. The third-order valence-corrected chi connectivity index (χ3v) is 5.71. The molecule has 0 aromatic heterocycles. The van der Waals surface area contributed by atoms with Crippen molar-refractivity contribution in [2.24, 2.45) is 17.8 Å². The fourth-order valence-electron chi connectivity index (χ4n) is 5.08. The maximum atomic E-state index is 12.2. The summed E-state index contributed by atoms with van der Waals surface area (Å²) >= 11 is 0. The molecule has 0 saturated heterocycles. The van der Waals surface area contributed by atoms with Crippen molar-refractivity contribution < 1.29 is 9.63 Å². The van der Waals surface area contributed by atoms with Crippen molar-refractivity contribution >= 4 is 18.3 Å². The number of hydrogen-bond donors (Lipinski definition) is 0. The van der Waals surface area contributed by atoms with Crippen LogP contribution in [-0.2, 0) is 9.63 Å². The first kappa shape index (κ1) is 17.0. The van der Waals surface area contributed by atoms with Crippen LogP contribution in [0, 0.1) is 17.8 Å². The lowest BCUT2D eigenvalue weighted by atomic mass is 9.53. The summed E-state index contributed by atoms with van der Waals surface area (Å²) in [5.41, 5.74) is -0.00907. The van der Waals surface area contributed by atoms with Gasteiger partial charge in [-0.1, -0.05) is 0 Å². The first-order valence-corrected chi connectivity index (χ1v) is 8.03. The van der Waals surface area contributed by atoms with E-state index in [0.29, 0.717) is 0 Å². The molecule has 4 fully saturated rings. The van der Waals surface area contributed by atoms with Gasteiger partial charge in [0.2, 0.25) is 5.91 Å². The van der Waals surface area contributed by atoms with E-state index in [9.17, 15) is 4.79 Å². The van der Waals surface area contributed by atoms with Gasteiger partial charge in [0.1, 0.15) is 6.23 Å². The molecule has 21 heavy (non-hydrogen) atoms. The number of nitrogens with zero attached hydrogens (tertiary/aromatic N) is 2. The predicted molar refractivity (Wildman–Crippen MR) is 84.9 cm³/mol. The summed E-state index contributed by atoms with van der Waals surface area (Å²) in [5, 5.41) is 1.77. The Morgan fingerprint density at radius 1 is 1.10 bits per heavy atom. The molecule has 0 radical (unpaired) electrons. The Morgan fingerprint density at radius 2 is 1.52 bits per heavy atom. The largest absolute Gasteiger partial charge is 0.283 e. The summed E-state index contributed by atoms with van der Waals surface area (Å²) in [4.78, 5) is 20.3. The van der Waals surface area contributed by atoms with Crippen LogP contribution in [0.15, 0.2) is 0 Å². The zero-order valence-electron chi connectivity index (χ0n) is 13.7. The Kier molecular flexibility index (Phi) is 4.91. The Bertz CT molecular complexity index is 364. The Labute approximate surface area is 134 Å². The summed E-state index contributed by atoms with van der Waals surface area (Å²) in [7, 11) is 3.98. The summed E-state index contributed by atoms with van der Waals surface area (Å²) < 4.78 is 0. The van der Waals surface area contributed by atoms with Crippen LogP contribution in [0.5, 0.6) is 0 Å². The van der Waals surface area contributed by atoms with E-state index in [1.807, 2.05) is 25.9 Å². The molecule has 0 spiro atoms. The van der Waals surface area contributed by atoms with Crippen molar-refractivity contribution in [3.8, 4) is 0 Å². The van der Waals surface area contributed by atoms with Crippen LogP contribution in [0.3, 0.4) is 0 Å². The molecule has 0 aliphatic heterocycles. The molecule has 0 N–H and O–H groups in total. The molecule has 4 nitrogen and oxygen atoms in total. The fourth-order valence-corrected chi connectivity index (χ4v) is 5.08. The van der Waals surface area contributed by atoms with E-state index < -0.39 is 0 Å². The molecule has 0 heterocycles. The second-order valence-corrected chi connectivity index (χ2v) is 7.62. The van der Waals surface area contributed by atoms with Gasteiger partial charge in [-0.25, -0.2) is 5.06 Å². The molecule has 4 aliphatic rings. The Hall–Kier alpha value is -0.320. The quantitative estimate of drug-likeness (QED) is 0.590. The highest BCUT2D eigenvalue weighted by Crippen LogP contribution is 2.57. The standard InChI is InChI=1S/C16H28N2O2.ClH/c1-11(19)18(20-12(2)17(3)4)16-8-13-5-14(9-16)7-15(6-13)10-16;/h12-15H,5-10H2,1-4H3;1H. The zero-order valence-corrected chi connectivity index (χ0v) is 14.5. The topological polar surface area (TPSA) is 32.8 Å². The smallest absolute Gasteiger partial charge is 0.243 e. The first-order valence-electron chi connectivity index (χ1n) is 8.03. The van der Waals surface area contributed by atoms with Crippen LogP contribution < -0.4 is 0 Å². The summed E-state index contributed by atoms with van der Waals surface area (Å²) in [6.45, 7) is 3.66. The monoisotopic (exact) mass is 316 g/mol. The number of rotatable bonds is 4. The number of hydroxylamine groups is 2. The van der Waals surface area contributed by atoms with Crippen molar-refractivity contribution in [2.75, 3.05) is 14.1 Å². The SMILES string of the molecule is CC(=O)N(OC(C)N(C)C)C12CC3CC(CC(C3)C1)C2.Cl. The van der Waals surface area contributed by atoms with Gasteiger partial charge in [0.25, 0.3) is 0 Å². The van der Waals surface area contributed by atoms with Gasteiger partial charge in [0.15, 0.2) is 0 Å². The van der Waals surface area contributed by atoms with E-state index in [2.05, 4.69) is 0 Å². The van der Waals surface area contributed by atoms with Gasteiger partial charge >= 0.3 is 0 Å². The average molecular weight is 317 g/mol. The van der Waals surface area contributed by atoms with Crippen molar-refractivity contribution in [3.63, 3.8) is 0 Å². The van der Waals surface area contributed by atoms with E-state index in [-0.39, 0.29) is 30.1 Å². The summed E-state index contributed by atoms with van der Waals surface area (Å²) in [6.07, 6.45) is 7.54. The van der Waals surface area contributed by atoms with Gasteiger partial charge in [0, 0.05) is 6.92 Å². The van der Waals surface area contributed by atoms with Crippen LogP contribution in [0.4, 0.5) is 0 Å². The molecule has 0 aromatic rings. The van der Waals surface area contributed by atoms with Gasteiger partial charge < -0.3 is 0 Å². The minimum absolute atomic E-state index is 0. The van der Waals surface area contributed by atoms with Crippen molar-refractivity contribution in [3.05, 3.63) is 0 Å². The highest BCUT2D eigenvalue weighted by molar-refractivity contribution is 5.85. The van der Waals surface area contributed by atoms with Crippen LogP contribution in [0.25, 0.3) is 0 Å². The van der Waals surface area contributed by atoms with Crippen LogP contribution in [-0.4, -0.2) is 41.7 Å². The molecule has 4 bridgehead atoms. The number of hydrogen-bond acceptors (Lipinski definition) is 3. The number of halogens is 1. The predicted octanol–water partition coefficient (Wildman–Crippen LogP) is 3.06. The number of amides is 1. The van der Waals surface area contributed by atoms with Gasteiger partial charge in [-0.05, 0) is 77.3 Å². The zero-order chi connectivity index (χ0) is 14.5. The van der Waals surface area contributed by atoms with Crippen molar-refractivity contribution in [1.82, 2.24) is 9.96 Å². The normalized spacial score (nSPS) is 38.2. The van der Waals surface area contributed by atoms with Crippen molar-refractivity contribution in [2.45, 2.75) is 64.1 Å². The lowest BCUT2D eigenvalue weighted by Gasteiger charge is -2.59. The van der Waals surface area contributed by atoms with Gasteiger partial charge in [-0.2, -0.15) is 0 Å². The fraction of sp³-hybridized carbons (Fsp3) is 0.938. The lowest BCUT2D eigenvalue weighted by molar-refractivity contribution is -0.285. The van der Waals surface area contributed by atoms with E-state index >= 15 is 0 Å². The van der Waals surface area contributed by atoms with Gasteiger partial charge in [0.05, 0.1) is 5.54 Å². The Morgan fingerprint density at radius 3 is 1.86 bits per heavy atom. The molecule has 1 atom stereocenters. The summed E-state index contributed by atoms with van der Waals surface area (Å²) in [6, 6.07) is 0. The highest BCUT2D eigenvalue weighted by Gasteiger charge is 2.55. The molecule has 1 unspecified atom stereocenters. The minimum atomic E-state index is -0.0631. The maximum absolute atomic E-state index is 12.2. The Balaban J connectivity index is 0.00000161. The third-order valence-electron chi connectivity index (χ3n) is 5.71. The molecular formula is C16H29ClN2O2. The van der Waals surface area contributed by atoms with Crippen LogP contribution in [0.1, 0.15) is 52.4 Å². The number of carbonyl (C=O) groups is 1. The van der Waals surface area contributed by atoms with E-state index in [1.165, 1.54) is 19.3 Å². The molecule has 5 heteroatoms. The maximum Gasteiger partial charge on any atom is 0.243 e. The highest BCUT2D eigenvalue weighted by atomic mass is 35.5. The molecule has 122 valence electrons. The summed E-state index contributed by atoms with van der Waals surface area (Å²) in [5.74, 6) is 2.53. The van der Waals surface area contributed by atoms with E-state index in [0.717, 1.165) is 37.0 Å². The third kappa shape index (κ3) is 3.08. The van der Waals surface area contributed by atoms with Gasteiger partial charge in [-0.3, -0.25) is 14.5 Å².